The van der Waals surface area contributed by atoms with E-state index in [2.05, 4.69) is 21.0 Å². The van der Waals surface area contributed by atoms with Gasteiger partial charge in [0.1, 0.15) is 16.4 Å². The van der Waals surface area contributed by atoms with Crippen LogP contribution in [0.4, 0.5) is 0 Å². The third-order valence-corrected chi connectivity index (χ3v) is 3.57. The van der Waals surface area contributed by atoms with Crippen molar-refractivity contribution in [3.8, 4) is 11.5 Å². The first-order chi connectivity index (χ1) is 8.90. The maximum absolute atomic E-state index is 5.94. The smallest absolute Gasteiger partial charge is 0.171 e. The Hall–Kier alpha value is -1.40. The quantitative estimate of drug-likeness (QED) is 0.872. The maximum Gasteiger partial charge on any atom is 0.171 e. The van der Waals surface area contributed by atoms with Crippen LogP contribution in [0.2, 0.25) is 0 Å². The largest absolute Gasteiger partial charge is 0.453 e. The van der Waals surface area contributed by atoms with Crippen LogP contribution >= 0.6 is 28.1 Å². The Morgan fingerprint density at radius 2 is 2.11 bits per heavy atom. The number of nitrogens with zero attached hydrogens (tertiary/aromatic N) is 2. The lowest BCUT2D eigenvalue weighted by atomic mass is 10.2. The fourth-order valence-corrected chi connectivity index (χ4v) is 2.32. The third kappa shape index (κ3) is 2.79. The van der Waals surface area contributed by atoms with E-state index in [1.807, 2.05) is 39.1 Å². The third-order valence-electron chi connectivity index (χ3n) is 2.86. The van der Waals surface area contributed by atoms with Crippen molar-refractivity contribution < 1.29 is 4.74 Å². The molecule has 0 saturated carbocycles. The zero-order chi connectivity index (χ0) is 14.2. The van der Waals surface area contributed by atoms with Gasteiger partial charge in [-0.25, -0.2) is 0 Å². The number of nitrogens with two attached hydrogens (primary N) is 1. The van der Waals surface area contributed by atoms with E-state index in [9.17, 15) is 0 Å². The number of halogens is 1. The lowest BCUT2D eigenvalue weighted by Gasteiger charge is -2.11. The summed E-state index contributed by atoms with van der Waals surface area (Å²) in [4.78, 5) is 0.301. The number of aromatic nitrogens is 2. The molecule has 6 heteroatoms. The Kier molecular flexibility index (Phi) is 3.91. The van der Waals surface area contributed by atoms with Gasteiger partial charge >= 0.3 is 0 Å². The molecule has 1 aromatic heterocycles. The van der Waals surface area contributed by atoms with Gasteiger partial charge in [0.25, 0.3) is 0 Å². The molecule has 19 heavy (non-hydrogen) atoms. The fraction of sp³-hybridized carbons (Fsp3) is 0.231. The second kappa shape index (κ2) is 5.30. The highest BCUT2D eigenvalue weighted by molar-refractivity contribution is 9.10. The Balaban J connectivity index is 2.46. The molecule has 1 aromatic carbocycles. The van der Waals surface area contributed by atoms with Gasteiger partial charge in [-0.1, -0.05) is 28.1 Å². The summed E-state index contributed by atoms with van der Waals surface area (Å²) in [5.74, 6) is 1.37. The van der Waals surface area contributed by atoms with Gasteiger partial charge in [-0.15, -0.1) is 0 Å². The normalized spacial score (nSPS) is 10.5. The Morgan fingerprint density at radius 3 is 2.63 bits per heavy atom. The summed E-state index contributed by atoms with van der Waals surface area (Å²) in [6.45, 7) is 3.86. The Bertz CT molecular complexity index is 652. The van der Waals surface area contributed by atoms with Crippen molar-refractivity contribution in [2.75, 3.05) is 0 Å². The molecule has 2 aromatic rings. The van der Waals surface area contributed by atoms with Crippen molar-refractivity contribution in [3.05, 3.63) is 39.6 Å². The molecule has 0 fully saturated rings. The van der Waals surface area contributed by atoms with Crippen LogP contribution in [-0.2, 0) is 7.05 Å². The molecule has 0 saturated heterocycles. The minimum absolute atomic E-state index is 0.301. The number of hydrogen-bond acceptors (Lipinski definition) is 3. The first-order valence-corrected chi connectivity index (χ1v) is 6.87. The van der Waals surface area contributed by atoms with Gasteiger partial charge in [0.15, 0.2) is 5.75 Å². The Morgan fingerprint density at radius 1 is 1.42 bits per heavy atom. The van der Waals surface area contributed by atoms with E-state index >= 15 is 0 Å². The molecule has 2 rings (SSSR count). The maximum atomic E-state index is 5.94. The van der Waals surface area contributed by atoms with Gasteiger partial charge in [0.2, 0.25) is 0 Å². The molecule has 0 aliphatic rings. The summed E-state index contributed by atoms with van der Waals surface area (Å²) in [5, 5.41) is 4.32. The zero-order valence-corrected chi connectivity index (χ0v) is 13.3. The lowest BCUT2D eigenvalue weighted by Crippen LogP contribution is -2.11. The van der Waals surface area contributed by atoms with E-state index in [-0.39, 0.29) is 0 Å². The van der Waals surface area contributed by atoms with Crippen molar-refractivity contribution >= 4 is 33.1 Å². The second-order valence-corrected chi connectivity index (χ2v) is 5.59. The van der Waals surface area contributed by atoms with E-state index < -0.39 is 0 Å². The van der Waals surface area contributed by atoms with Crippen LogP contribution in [0.3, 0.4) is 0 Å². The summed E-state index contributed by atoms with van der Waals surface area (Å²) in [6, 6.07) is 5.57. The molecule has 0 amide bonds. The van der Waals surface area contributed by atoms with Gasteiger partial charge < -0.3 is 10.5 Å². The molecule has 2 N–H and O–H groups in total. The average molecular weight is 340 g/mol. The molecule has 0 spiro atoms. The molecule has 0 atom stereocenters. The highest BCUT2D eigenvalue weighted by atomic mass is 79.9. The van der Waals surface area contributed by atoms with E-state index in [1.54, 1.807) is 4.68 Å². The van der Waals surface area contributed by atoms with Gasteiger partial charge in [-0.05, 0) is 32.0 Å². The van der Waals surface area contributed by atoms with E-state index in [0.717, 1.165) is 21.6 Å². The molecule has 0 unspecified atom stereocenters. The van der Waals surface area contributed by atoms with Crippen molar-refractivity contribution in [1.82, 2.24) is 9.78 Å². The molecule has 1 heterocycles. The molecular formula is C13H14BrN3OS. The standard InChI is InChI=1S/C13H14BrN3OS/c1-7-12(8(2)17(3)16-7)18-11-5-4-9(14)6-10(11)13(15)19/h4-6H,1-3H3,(H2,15,19). The van der Waals surface area contributed by atoms with Gasteiger partial charge in [-0.2, -0.15) is 5.10 Å². The van der Waals surface area contributed by atoms with Crippen LogP contribution < -0.4 is 10.5 Å². The number of rotatable bonds is 3. The van der Waals surface area contributed by atoms with Crippen LogP contribution in [0, 0.1) is 13.8 Å². The van der Waals surface area contributed by atoms with Crippen LogP contribution in [-0.4, -0.2) is 14.8 Å². The minimum atomic E-state index is 0.301. The lowest BCUT2D eigenvalue weighted by molar-refractivity contribution is 0.473. The first kappa shape index (κ1) is 14.0. The van der Waals surface area contributed by atoms with Crippen molar-refractivity contribution in [2.24, 2.45) is 12.8 Å². The highest BCUT2D eigenvalue weighted by Gasteiger charge is 2.15. The predicted molar refractivity (Wildman–Crippen MR) is 82.8 cm³/mol. The van der Waals surface area contributed by atoms with Crippen molar-refractivity contribution in [2.45, 2.75) is 13.8 Å². The van der Waals surface area contributed by atoms with Gasteiger partial charge in [0.05, 0.1) is 11.3 Å². The van der Waals surface area contributed by atoms with Gasteiger partial charge in [0, 0.05) is 11.5 Å². The molecular weight excluding hydrogens is 326 g/mol. The molecule has 100 valence electrons. The molecule has 0 aliphatic carbocycles. The molecule has 4 nitrogen and oxygen atoms in total. The first-order valence-electron chi connectivity index (χ1n) is 5.67. The highest BCUT2D eigenvalue weighted by Crippen LogP contribution is 2.31. The number of hydrogen-bond donors (Lipinski definition) is 1. The predicted octanol–water partition coefficient (Wildman–Crippen LogP) is 3.23. The minimum Gasteiger partial charge on any atom is -0.453 e. The van der Waals surface area contributed by atoms with Crippen LogP contribution in [0.5, 0.6) is 11.5 Å². The van der Waals surface area contributed by atoms with Crippen LogP contribution in [0.25, 0.3) is 0 Å². The van der Waals surface area contributed by atoms with E-state index in [1.165, 1.54) is 0 Å². The SMILES string of the molecule is Cc1nn(C)c(C)c1Oc1ccc(Br)cc1C(N)=S. The summed E-state index contributed by atoms with van der Waals surface area (Å²) < 4.78 is 8.62. The summed E-state index contributed by atoms with van der Waals surface area (Å²) in [6.07, 6.45) is 0. The zero-order valence-electron chi connectivity index (χ0n) is 10.9. The number of aryl methyl sites for hydroxylation is 2. The number of benzene rings is 1. The number of thiocarbonyl (C=S) groups is 1. The topological polar surface area (TPSA) is 53.1 Å². The van der Waals surface area contributed by atoms with Crippen molar-refractivity contribution in [3.63, 3.8) is 0 Å². The Labute approximate surface area is 125 Å². The molecule has 0 radical (unpaired) electrons. The number of ether oxygens (including phenoxy) is 1. The summed E-state index contributed by atoms with van der Waals surface area (Å²) >= 11 is 8.45. The average Bonchev–Trinajstić information content (AvgIpc) is 2.57. The van der Waals surface area contributed by atoms with Crippen LogP contribution in [0.1, 0.15) is 17.0 Å². The fourth-order valence-electron chi connectivity index (χ4n) is 1.80. The van der Waals surface area contributed by atoms with Crippen LogP contribution in [0.15, 0.2) is 22.7 Å². The summed E-state index contributed by atoms with van der Waals surface area (Å²) in [5.41, 5.74) is 8.21. The molecule has 0 aliphatic heterocycles. The monoisotopic (exact) mass is 339 g/mol. The van der Waals surface area contributed by atoms with E-state index in [4.69, 9.17) is 22.7 Å². The van der Waals surface area contributed by atoms with Gasteiger partial charge in [-0.3, -0.25) is 4.68 Å². The van der Waals surface area contributed by atoms with Crippen molar-refractivity contribution in [1.29, 1.82) is 0 Å². The summed E-state index contributed by atoms with van der Waals surface area (Å²) in [7, 11) is 1.88. The second-order valence-electron chi connectivity index (χ2n) is 4.23. The van der Waals surface area contributed by atoms with E-state index in [0.29, 0.717) is 16.3 Å². The molecule has 0 bridgehead atoms.